The Morgan fingerprint density at radius 1 is 1.55 bits per heavy atom. The van der Waals surface area contributed by atoms with E-state index in [1.165, 1.54) is 12.8 Å². The predicted molar refractivity (Wildman–Crippen MR) is 86.0 cm³/mol. The first kappa shape index (κ1) is 15.5. The molecule has 1 aromatic carbocycles. The molecule has 0 aromatic heterocycles. The lowest BCUT2D eigenvalue weighted by atomic mass is 10.2. The predicted octanol–water partition coefficient (Wildman–Crippen LogP) is 2.38. The summed E-state index contributed by atoms with van der Waals surface area (Å²) in [5.74, 6) is 0.0345. The van der Waals surface area contributed by atoms with Crippen molar-refractivity contribution in [2.45, 2.75) is 25.8 Å². The molecule has 0 spiro atoms. The molecule has 0 bridgehead atoms. The summed E-state index contributed by atoms with van der Waals surface area (Å²) >= 11 is 3.46. The fourth-order valence-electron chi connectivity index (χ4n) is 2.52. The molecule has 2 N–H and O–H groups in total. The number of amides is 1. The van der Waals surface area contributed by atoms with Crippen molar-refractivity contribution in [1.29, 1.82) is 0 Å². The molecule has 0 saturated carbocycles. The molecule has 4 nitrogen and oxygen atoms in total. The van der Waals surface area contributed by atoms with Crippen molar-refractivity contribution in [2.24, 2.45) is 0 Å². The number of likely N-dealkylation sites (N-methyl/N-ethyl adjacent to an activating group) is 1. The molecule has 0 aliphatic carbocycles. The molecule has 1 atom stereocenters. The number of nitrogens with zero attached hydrogens (tertiary/aromatic N) is 1. The highest BCUT2D eigenvalue weighted by Gasteiger charge is 2.17. The minimum atomic E-state index is 0.0345. The molecule has 1 aliphatic rings. The number of rotatable bonds is 5. The van der Waals surface area contributed by atoms with Crippen LogP contribution in [0.25, 0.3) is 0 Å². The third kappa shape index (κ3) is 4.58. The van der Waals surface area contributed by atoms with Crippen LogP contribution in [0.2, 0.25) is 0 Å². The number of hydrogen-bond donors (Lipinski definition) is 2. The van der Waals surface area contributed by atoms with Crippen molar-refractivity contribution in [3.8, 4) is 0 Å². The molecule has 1 unspecified atom stereocenters. The molecule has 5 heteroatoms. The van der Waals surface area contributed by atoms with Crippen LogP contribution < -0.4 is 10.6 Å². The van der Waals surface area contributed by atoms with Crippen LogP contribution in [-0.4, -0.2) is 43.5 Å². The van der Waals surface area contributed by atoms with Gasteiger partial charge in [-0.05, 0) is 57.1 Å². The summed E-state index contributed by atoms with van der Waals surface area (Å²) in [6.45, 7) is 4.46. The third-order valence-corrected chi connectivity index (χ3v) is 4.44. The van der Waals surface area contributed by atoms with E-state index in [0.29, 0.717) is 12.6 Å². The van der Waals surface area contributed by atoms with E-state index in [-0.39, 0.29) is 5.91 Å². The molecule has 1 aromatic rings. The Balaban J connectivity index is 1.80. The van der Waals surface area contributed by atoms with E-state index in [4.69, 9.17) is 0 Å². The Bertz CT molecular complexity index is 472. The van der Waals surface area contributed by atoms with Crippen molar-refractivity contribution in [1.82, 2.24) is 10.2 Å². The summed E-state index contributed by atoms with van der Waals surface area (Å²) in [7, 11) is 1.99. The van der Waals surface area contributed by atoms with Crippen LogP contribution in [0, 0.1) is 6.92 Å². The summed E-state index contributed by atoms with van der Waals surface area (Å²) in [6, 6.07) is 6.37. The van der Waals surface area contributed by atoms with Gasteiger partial charge in [0.15, 0.2) is 0 Å². The average molecular weight is 340 g/mol. The second kappa shape index (κ2) is 7.20. The van der Waals surface area contributed by atoms with Gasteiger partial charge in [-0.3, -0.25) is 9.69 Å². The number of benzene rings is 1. The SMILES string of the molecule is Cc1cc(NC(=O)CN(C)CC2CCCN2)ccc1Br. The zero-order valence-corrected chi connectivity index (χ0v) is 13.7. The molecule has 1 fully saturated rings. The lowest BCUT2D eigenvalue weighted by molar-refractivity contribution is -0.117. The Hall–Kier alpha value is -0.910. The van der Waals surface area contributed by atoms with Crippen LogP contribution in [0.3, 0.4) is 0 Å². The zero-order valence-electron chi connectivity index (χ0n) is 12.1. The minimum Gasteiger partial charge on any atom is -0.325 e. The summed E-state index contributed by atoms with van der Waals surface area (Å²) in [4.78, 5) is 14.1. The molecule has 0 radical (unpaired) electrons. The van der Waals surface area contributed by atoms with Crippen LogP contribution >= 0.6 is 15.9 Å². The van der Waals surface area contributed by atoms with Crippen LogP contribution in [0.5, 0.6) is 0 Å². The Labute approximate surface area is 129 Å². The Morgan fingerprint density at radius 3 is 3.00 bits per heavy atom. The summed E-state index contributed by atoms with van der Waals surface area (Å²) in [5.41, 5.74) is 1.97. The van der Waals surface area contributed by atoms with Gasteiger partial charge < -0.3 is 10.6 Å². The first-order chi connectivity index (χ1) is 9.54. The van der Waals surface area contributed by atoms with E-state index >= 15 is 0 Å². The third-order valence-electron chi connectivity index (χ3n) is 3.55. The normalized spacial score (nSPS) is 18.5. The largest absolute Gasteiger partial charge is 0.325 e. The first-order valence-corrected chi connectivity index (χ1v) is 7.82. The van der Waals surface area contributed by atoms with Gasteiger partial charge in [0.25, 0.3) is 0 Å². The molecule has 1 saturated heterocycles. The van der Waals surface area contributed by atoms with Gasteiger partial charge in [0.05, 0.1) is 6.54 Å². The van der Waals surface area contributed by atoms with Gasteiger partial charge in [0, 0.05) is 22.7 Å². The standard InChI is InChI=1S/C15H22BrN3O/c1-11-8-12(5-6-14(11)16)18-15(20)10-19(2)9-13-4-3-7-17-13/h5-6,8,13,17H,3-4,7,9-10H2,1-2H3,(H,18,20). The van der Waals surface area contributed by atoms with E-state index in [9.17, 15) is 4.79 Å². The van der Waals surface area contributed by atoms with Crippen LogP contribution in [0.1, 0.15) is 18.4 Å². The highest BCUT2D eigenvalue weighted by Crippen LogP contribution is 2.19. The van der Waals surface area contributed by atoms with Crippen LogP contribution in [-0.2, 0) is 4.79 Å². The second-order valence-electron chi connectivity index (χ2n) is 5.50. The monoisotopic (exact) mass is 339 g/mol. The van der Waals surface area contributed by atoms with Gasteiger partial charge in [-0.15, -0.1) is 0 Å². The maximum absolute atomic E-state index is 12.0. The van der Waals surface area contributed by atoms with Gasteiger partial charge in [0.2, 0.25) is 5.91 Å². The van der Waals surface area contributed by atoms with Crippen molar-refractivity contribution in [2.75, 3.05) is 32.0 Å². The number of anilines is 1. The number of nitrogens with one attached hydrogen (secondary N) is 2. The van der Waals surface area contributed by atoms with Crippen LogP contribution in [0.4, 0.5) is 5.69 Å². The maximum atomic E-state index is 12.0. The van der Waals surface area contributed by atoms with E-state index in [1.54, 1.807) is 0 Å². The Kier molecular flexibility index (Phi) is 5.57. The molecule has 2 rings (SSSR count). The lowest BCUT2D eigenvalue weighted by Crippen LogP contribution is -2.39. The lowest BCUT2D eigenvalue weighted by Gasteiger charge is -2.20. The summed E-state index contributed by atoms with van der Waals surface area (Å²) < 4.78 is 1.06. The van der Waals surface area contributed by atoms with E-state index in [1.807, 2.05) is 32.2 Å². The minimum absolute atomic E-state index is 0.0345. The quantitative estimate of drug-likeness (QED) is 0.865. The molecule has 110 valence electrons. The fourth-order valence-corrected chi connectivity index (χ4v) is 2.77. The fraction of sp³-hybridized carbons (Fsp3) is 0.533. The summed E-state index contributed by atoms with van der Waals surface area (Å²) in [6.07, 6.45) is 2.45. The maximum Gasteiger partial charge on any atom is 0.238 e. The van der Waals surface area contributed by atoms with E-state index in [2.05, 4.69) is 31.5 Å². The highest BCUT2D eigenvalue weighted by atomic mass is 79.9. The zero-order chi connectivity index (χ0) is 14.5. The number of halogens is 1. The van der Waals surface area contributed by atoms with Gasteiger partial charge in [-0.25, -0.2) is 0 Å². The van der Waals surface area contributed by atoms with E-state index in [0.717, 1.165) is 28.8 Å². The van der Waals surface area contributed by atoms with Gasteiger partial charge in [-0.1, -0.05) is 15.9 Å². The van der Waals surface area contributed by atoms with Crippen LogP contribution in [0.15, 0.2) is 22.7 Å². The van der Waals surface area contributed by atoms with Crippen molar-refractivity contribution >= 4 is 27.5 Å². The van der Waals surface area contributed by atoms with Gasteiger partial charge >= 0.3 is 0 Å². The van der Waals surface area contributed by atoms with Crippen molar-refractivity contribution in [3.05, 3.63) is 28.2 Å². The van der Waals surface area contributed by atoms with Crippen molar-refractivity contribution < 1.29 is 4.79 Å². The van der Waals surface area contributed by atoms with Crippen molar-refractivity contribution in [3.63, 3.8) is 0 Å². The molecular formula is C15H22BrN3O. The van der Waals surface area contributed by atoms with Gasteiger partial charge in [-0.2, -0.15) is 0 Å². The number of hydrogen-bond acceptors (Lipinski definition) is 3. The molecule has 20 heavy (non-hydrogen) atoms. The molecule has 1 aliphatic heterocycles. The first-order valence-electron chi connectivity index (χ1n) is 7.02. The molecular weight excluding hydrogens is 318 g/mol. The average Bonchev–Trinajstić information content (AvgIpc) is 2.86. The number of carbonyl (C=O) groups excluding carboxylic acids is 1. The topological polar surface area (TPSA) is 44.4 Å². The number of carbonyl (C=O) groups is 1. The summed E-state index contributed by atoms with van der Waals surface area (Å²) in [5, 5.41) is 6.39. The molecule has 1 amide bonds. The van der Waals surface area contributed by atoms with Gasteiger partial charge in [0.1, 0.15) is 0 Å². The Morgan fingerprint density at radius 2 is 2.35 bits per heavy atom. The molecule has 1 heterocycles. The smallest absolute Gasteiger partial charge is 0.238 e. The van der Waals surface area contributed by atoms with E-state index < -0.39 is 0 Å². The second-order valence-corrected chi connectivity index (χ2v) is 6.36. The number of aryl methyl sites for hydroxylation is 1. The highest BCUT2D eigenvalue weighted by molar-refractivity contribution is 9.10.